The van der Waals surface area contributed by atoms with Crippen LogP contribution in [0.1, 0.15) is 108 Å². The molecule has 40 heavy (non-hydrogen) atoms. The smallest absolute Gasteiger partial charge is 0.338 e. The average molecular weight is 551 g/mol. The van der Waals surface area contributed by atoms with Gasteiger partial charge in [0, 0.05) is 0 Å². The largest absolute Gasteiger partial charge is 0.481 e. The topological polar surface area (TPSA) is 76.1 Å². The Morgan fingerprint density at radius 2 is 1.57 bits per heavy atom. The molecule has 5 heteroatoms. The molecule has 1 aromatic rings. The lowest BCUT2D eigenvalue weighted by Crippen LogP contribution is -2.60. The molecule has 0 aromatic heterocycles. The van der Waals surface area contributed by atoms with E-state index in [1.54, 1.807) is 12.1 Å². The van der Waals surface area contributed by atoms with E-state index in [4.69, 9.17) is 9.47 Å². The van der Waals surface area contributed by atoms with E-state index in [9.17, 15) is 14.7 Å². The highest BCUT2D eigenvalue weighted by atomic mass is 16.6. The molecule has 220 valence electrons. The van der Waals surface area contributed by atoms with Gasteiger partial charge in [-0.3, -0.25) is 4.79 Å². The second kappa shape index (κ2) is 10.7. The van der Waals surface area contributed by atoms with Gasteiger partial charge in [-0.15, -0.1) is 0 Å². The van der Waals surface area contributed by atoms with Gasteiger partial charge in [-0.1, -0.05) is 58.2 Å². The molecule has 1 heterocycles. The summed E-state index contributed by atoms with van der Waals surface area (Å²) < 4.78 is 9.91. The summed E-state index contributed by atoms with van der Waals surface area (Å²) in [6.07, 6.45) is 15.4. The Morgan fingerprint density at radius 1 is 0.875 bits per heavy atom. The maximum absolute atomic E-state index is 12.3. The van der Waals surface area contributed by atoms with Gasteiger partial charge in [0.25, 0.3) is 0 Å². The molecule has 6 aliphatic rings. The zero-order chi connectivity index (χ0) is 28.1. The Morgan fingerprint density at radius 3 is 2.30 bits per heavy atom. The van der Waals surface area contributed by atoms with Crippen LogP contribution in [-0.4, -0.2) is 36.4 Å². The summed E-state index contributed by atoms with van der Waals surface area (Å²) in [6.45, 7) is 8.92. The van der Waals surface area contributed by atoms with E-state index >= 15 is 0 Å². The van der Waals surface area contributed by atoms with Crippen LogP contribution >= 0.6 is 0 Å². The SMILES string of the molecule is CC1CCCC2(C)C1CCC1(C)C3CCC4(C(=O)O)CCCC4C3CCC21.O=C(OCC1CO1)c1ccccc1. The van der Waals surface area contributed by atoms with Crippen molar-refractivity contribution in [2.24, 2.45) is 51.8 Å². The Hall–Kier alpha value is -1.88. The van der Waals surface area contributed by atoms with Crippen molar-refractivity contribution in [3.05, 3.63) is 35.9 Å². The van der Waals surface area contributed by atoms with Crippen LogP contribution in [0.4, 0.5) is 0 Å². The lowest BCUT2D eigenvalue weighted by atomic mass is 9.38. The van der Waals surface area contributed by atoms with Gasteiger partial charge in [0.05, 0.1) is 17.6 Å². The molecule has 5 aliphatic carbocycles. The van der Waals surface area contributed by atoms with E-state index in [0.717, 1.165) is 42.9 Å². The van der Waals surface area contributed by atoms with Crippen LogP contribution in [0.25, 0.3) is 0 Å². The van der Waals surface area contributed by atoms with E-state index in [2.05, 4.69) is 20.8 Å². The van der Waals surface area contributed by atoms with E-state index in [1.165, 1.54) is 57.8 Å². The van der Waals surface area contributed by atoms with Crippen molar-refractivity contribution in [2.75, 3.05) is 13.2 Å². The van der Waals surface area contributed by atoms with Crippen molar-refractivity contribution < 1.29 is 24.2 Å². The molecule has 10 unspecified atom stereocenters. The van der Waals surface area contributed by atoms with E-state index < -0.39 is 5.97 Å². The molecule has 6 fully saturated rings. The minimum atomic E-state index is -0.465. The highest BCUT2D eigenvalue weighted by Crippen LogP contribution is 2.71. The van der Waals surface area contributed by atoms with Crippen LogP contribution in [-0.2, 0) is 14.3 Å². The summed E-state index contributed by atoms with van der Waals surface area (Å²) in [7, 11) is 0. The van der Waals surface area contributed by atoms with E-state index in [0.29, 0.717) is 41.4 Å². The summed E-state index contributed by atoms with van der Waals surface area (Å²) in [5.41, 5.74) is 1.25. The highest BCUT2D eigenvalue weighted by Gasteiger charge is 2.65. The van der Waals surface area contributed by atoms with E-state index in [-0.39, 0.29) is 17.5 Å². The van der Waals surface area contributed by atoms with Crippen LogP contribution in [0.5, 0.6) is 0 Å². The average Bonchev–Trinajstić information content (AvgIpc) is 3.67. The van der Waals surface area contributed by atoms with Gasteiger partial charge in [0.1, 0.15) is 12.7 Å². The number of rotatable bonds is 4. The molecular formula is C35H50O5. The number of ether oxygens (including phenoxy) is 2. The number of carbonyl (C=O) groups excluding carboxylic acids is 1. The fourth-order valence-electron chi connectivity index (χ4n) is 11.3. The highest BCUT2D eigenvalue weighted by molar-refractivity contribution is 5.89. The van der Waals surface area contributed by atoms with Crippen molar-refractivity contribution >= 4 is 11.9 Å². The predicted octanol–water partition coefficient (Wildman–Crippen LogP) is 7.78. The standard InChI is InChI=1S/C25H40O2.C10H10O3/c1-16-6-4-12-23(2)18(16)10-14-24(3)19-11-15-25(22(26)27)13-5-7-20(25)17(19)8-9-21(23)24;11-10(13-7-9-6-12-9)8-4-2-1-3-5-8/h16-21H,4-15H2,1-3H3,(H,26,27);1-5,9H,6-7H2. The Balaban J connectivity index is 0.000000187. The van der Waals surface area contributed by atoms with Gasteiger partial charge in [-0.2, -0.15) is 0 Å². The number of fused-ring (bicyclic) bond motifs is 7. The first-order valence-corrected chi connectivity index (χ1v) is 16.3. The van der Waals surface area contributed by atoms with Crippen LogP contribution in [0.3, 0.4) is 0 Å². The molecule has 5 saturated carbocycles. The van der Waals surface area contributed by atoms with Crippen LogP contribution < -0.4 is 0 Å². The number of hydrogen-bond donors (Lipinski definition) is 1. The number of esters is 1. The fourth-order valence-corrected chi connectivity index (χ4v) is 11.3. The summed E-state index contributed by atoms with van der Waals surface area (Å²) in [5.74, 6) is 3.94. The molecule has 1 saturated heterocycles. The summed E-state index contributed by atoms with van der Waals surface area (Å²) in [4.78, 5) is 23.6. The van der Waals surface area contributed by atoms with Gasteiger partial charge in [0.15, 0.2) is 0 Å². The van der Waals surface area contributed by atoms with Crippen LogP contribution in [0.15, 0.2) is 30.3 Å². The first kappa shape index (κ1) is 28.2. The van der Waals surface area contributed by atoms with Gasteiger partial charge in [-0.05, 0) is 116 Å². The van der Waals surface area contributed by atoms with Gasteiger partial charge >= 0.3 is 11.9 Å². The third-order valence-corrected chi connectivity index (χ3v) is 13.2. The molecule has 0 amide bonds. The minimum Gasteiger partial charge on any atom is -0.481 e. The Labute approximate surface area is 240 Å². The van der Waals surface area contributed by atoms with Gasteiger partial charge < -0.3 is 14.6 Å². The third-order valence-electron chi connectivity index (χ3n) is 13.2. The fraction of sp³-hybridized carbons (Fsp3) is 0.771. The molecule has 1 N–H and O–H groups in total. The third kappa shape index (κ3) is 4.72. The normalized spacial score (nSPS) is 44.9. The summed E-state index contributed by atoms with van der Waals surface area (Å²) in [5, 5.41) is 10.1. The van der Waals surface area contributed by atoms with Crippen molar-refractivity contribution in [3.8, 4) is 0 Å². The molecule has 1 aromatic carbocycles. The maximum Gasteiger partial charge on any atom is 0.338 e. The lowest BCUT2D eigenvalue weighted by molar-refractivity contribution is -0.190. The molecular weight excluding hydrogens is 500 g/mol. The lowest BCUT2D eigenvalue weighted by Gasteiger charge is -2.67. The number of carbonyl (C=O) groups is 2. The molecule has 0 bridgehead atoms. The number of epoxide rings is 1. The first-order chi connectivity index (χ1) is 19.2. The van der Waals surface area contributed by atoms with Crippen LogP contribution in [0, 0.1) is 51.8 Å². The Bertz CT molecular complexity index is 1080. The van der Waals surface area contributed by atoms with Crippen molar-refractivity contribution in [3.63, 3.8) is 0 Å². The number of hydrogen-bond acceptors (Lipinski definition) is 4. The molecule has 7 rings (SSSR count). The number of aliphatic carboxylic acids is 1. The monoisotopic (exact) mass is 550 g/mol. The zero-order valence-electron chi connectivity index (χ0n) is 24.9. The molecule has 0 spiro atoms. The molecule has 1 aliphatic heterocycles. The minimum absolute atomic E-state index is 0.132. The predicted molar refractivity (Wildman–Crippen MR) is 155 cm³/mol. The molecule has 5 nitrogen and oxygen atoms in total. The van der Waals surface area contributed by atoms with Gasteiger partial charge in [-0.25, -0.2) is 4.79 Å². The van der Waals surface area contributed by atoms with Crippen molar-refractivity contribution in [1.29, 1.82) is 0 Å². The summed E-state index contributed by atoms with van der Waals surface area (Å²) in [6, 6.07) is 8.95. The number of carboxylic acids is 1. The zero-order valence-corrected chi connectivity index (χ0v) is 24.9. The quantitative estimate of drug-likeness (QED) is 0.306. The Kier molecular flexibility index (Phi) is 7.59. The van der Waals surface area contributed by atoms with Gasteiger partial charge in [0.2, 0.25) is 0 Å². The number of benzene rings is 1. The number of carboxylic acid groups (broad SMARTS) is 1. The second-order valence-electron chi connectivity index (χ2n) is 14.8. The maximum atomic E-state index is 12.3. The first-order valence-electron chi connectivity index (χ1n) is 16.3. The van der Waals surface area contributed by atoms with Crippen molar-refractivity contribution in [2.45, 2.75) is 104 Å². The molecule has 10 atom stereocenters. The van der Waals surface area contributed by atoms with E-state index in [1.807, 2.05) is 18.2 Å². The summed E-state index contributed by atoms with van der Waals surface area (Å²) >= 11 is 0. The van der Waals surface area contributed by atoms with Crippen molar-refractivity contribution in [1.82, 2.24) is 0 Å². The molecule has 0 radical (unpaired) electrons. The second-order valence-corrected chi connectivity index (χ2v) is 14.8. The van der Waals surface area contributed by atoms with Crippen LogP contribution in [0.2, 0.25) is 0 Å².